The molecule has 0 spiro atoms. The van der Waals surface area contributed by atoms with Crippen LogP contribution < -0.4 is 0 Å². The van der Waals surface area contributed by atoms with E-state index in [1.807, 2.05) is 6.07 Å². The smallest absolute Gasteiger partial charge is 0.204 e. The monoisotopic (exact) mass is 366 g/mol. The van der Waals surface area contributed by atoms with Crippen molar-refractivity contribution in [1.82, 2.24) is 20.2 Å². The van der Waals surface area contributed by atoms with E-state index in [-0.39, 0.29) is 17.4 Å². The summed E-state index contributed by atoms with van der Waals surface area (Å²) in [5.74, 6) is 0.157. The molecule has 0 unspecified atom stereocenters. The van der Waals surface area contributed by atoms with Gasteiger partial charge in [0, 0.05) is 21.2 Å². The predicted octanol–water partition coefficient (Wildman–Crippen LogP) is 4.18. The number of aromatic nitrogens is 4. The Morgan fingerprint density at radius 1 is 1.04 bits per heavy atom. The van der Waals surface area contributed by atoms with Crippen LogP contribution in [-0.4, -0.2) is 26.0 Å². The maximum absolute atomic E-state index is 12.3. The normalized spacial score (nSPS) is 10.7. The van der Waals surface area contributed by atoms with Gasteiger partial charge in [-0.15, -0.1) is 10.2 Å². The molecule has 116 valence electrons. The second kappa shape index (κ2) is 6.66. The van der Waals surface area contributed by atoms with Crippen molar-refractivity contribution < 1.29 is 4.79 Å². The number of hydrogen-bond acceptors (Lipinski definition) is 4. The fraction of sp³-hybridized carbons (Fsp3) is 0.0667. The number of ketones is 1. The van der Waals surface area contributed by atoms with Crippen LogP contribution in [-0.2, 0) is 6.54 Å². The first-order valence-electron chi connectivity index (χ1n) is 6.55. The second-order valence-electron chi connectivity index (χ2n) is 4.70. The van der Waals surface area contributed by atoms with Gasteiger partial charge in [-0.05, 0) is 35.5 Å². The number of tetrazole rings is 1. The van der Waals surface area contributed by atoms with Gasteiger partial charge in [0.15, 0.2) is 5.78 Å². The molecule has 5 nitrogen and oxygen atoms in total. The van der Waals surface area contributed by atoms with Gasteiger partial charge >= 0.3 is 0 Å². The lowest BCUT2D eigenvalue weighted by Crippen LogP contribution is -2.13. The van der Waals surface area contributed by atoms with Crippen LogP contribution in [0.5, 0.6) is 0 Å². The van der Waals surface area contributed by atoms with E-state index in [1.165, 1.54) is 10.9 Å². The van der Waals surface area contributed by atoms with Crippen LogP contribution in [0.3, 0.4) is 0 Å². The number of Topliss-reactive ketones (excluding diaryl/α,β-unsaturated/α-hetero) is 1. The molecule has 23 heavy (non-hydrogen) atoms. The van der Waals surface area contributed by atoms with Crippen LogP contribution in [0.15, 0.2) is 42.5 Å². The predicted molar refractivity (Wildman–Crippen MR) is 89.1 cm³/mol. The first-order chi connectivity index (χ1) is 11.0. The van der Waals surface area contributed by atoms with Crippen molar-refractivity contribution in [1.29, 1.82) is 0 Å². The minimum Gasteiger partial charge on any atom is -0.292 e. The van der Waals surface area contributed by atoms with Crippen LogP contribution in [0.4, 0.5) is 0 Å². The molecule has 0 radical (unpaired) electrons. The zero-order valence-corrected chi connectivity index (χ0v) is 13.8. The lowest BCUT2D eigenvalue weighted by molar-refractivity contribution is 0.0961. The molecule has 3 rings (SSSR count). The van der Waals surface area contributed by atoms with Gasteiger partial charge in [0.1, 0.15) is 6.54 Å². The van der Waals surface area contributed by atoms with Crippen molar-refractivity contribution >= 4 is 40.6 Å². The summed E-state index contributed by atoms with van der Waals surface area (Å²) < 4.78 is 0. The third kappa shape index (κ3) is 3.69. The Morgan fingerprint density at radius 3 is 2.57 bits per heavy atom. The summed E-state index contributed by atoms with van der Waals surface area (Å²) in [6.45, 7) is -0.0745. The van der Waals surface area contributed by atoms with Crippen LogP contribution in [0.25, 0.3) is 11.4 Å². The minimum atomic E-state index is -0.235. The molecule has 0 aliphatic carbocycles. The third-order valence-electron chi connectivity index (χ3n) is 3.05. The fourth-order valence-electron chi connectivity index (χ4n) is 1.98. The second-order valence-corrected chi connectivity index (χ2v) is 5.98. The molecular formula is C15H9Cl3N4O. The molecule has 8 heteroatoms. The molecule has 2 aromatic carbocycles. The van der Waals surface area contributed by atoms with Crippen molar-refractivity contribution in [2.24, 2.45) is 0 Å². The highest BCUT2D eigenvalue weighted by Crippen LogP contribution is 2.22. The zero-order chi connectivity index (χ0) is 16.4. The summed E-state index contributed by atoms with van der Waals surface area (Å²) in [4.78, 5) is 13.5. The van der Waals surface area contributed by atoms with E-state index in [0.29, 0.717) is 21.4 Å². The van der Waals surface area contributed by atoms with Gasteiger partial charge in [-0.3, -0.25) is 4.79 Å². The van der Waals surface area contributed by atoms with E-state index >= 15 is 0 Å². The summed E-state index contributed by atoms with van der Waals surface area (Å²) in [5.41, 5.74) is 1.08. The number of nitrogens with zero attached hydrogens (tertiary/aromatic N) is 4. The number of carbonyl (C=O) groups excluding carboxylic acids is 1. The molecule has 0 aliphatic heterocycles. The number of halogens is 3. The quantitative estimate of drug-likeness (QED) is 0.649. The maximum Gasteiger partial charge on any atom is 0.204 e. The average Bonchev–Trinajstić information content (AvgIpc) is 2.95. The Bertz CT molecular complexity index is 879. The Balaban J connectivity index is 1.80. The van der Waals surface area contributed by atoms with Crippen molar-refractivity contribution in [2.75, 3.05) is 0 Å². The summed E-state index contributed by atoms with van der Waals surface area (Å²) in [5, 5.41) is 13.3. The molecule has 0 saturated heterocycles. The zero-order valence-electron chi connectivity index (χ0n) is 11.6. The summed E-state index contributed by atoms with van der Waals surface area (Å²) in [6.07, 6.45) is 0. The van der Waals surface area contributed by atoms with Gasteiger partial charge in [-0.25, -0.2) is 0 Å². The average molecular weight is 368 g/mol. The first-order valence-corrected chi connectivity index (χ1v) is 7.68. The number of benzene rings is 2. The van der Waals surface area contributed by atoms with Gasteiger partial charge in [-0.2, -0.15) is 4.80 Å². The SMILES string of the molecule is O=C(Cn1nnc(-c2cccc(Cl)c2)n1)c1ccc(Cl)cc1Cl. The van der Waals surface area contributed by atoms with E-state index in [0.717, 1.165) is 5.56 Å². The van der Waals surface area contributed by atoms with Crippen LogP contribution in [0.2, 0.25) is 15.1 Å². The number of hydrogen-bond donors (Lipinski definition) is 0. The van der Waals surface area contributed by atoms with Gasteiger partial charge < -0.3 is 0 Å². The molecule has 0 atom stereocenters. The van der Waals surface area contributed by atoms with E-state index in [9.17, 15) is 4.79 Å². The fourth-order valence-corrected chi connectivity index (χ4v) is 2.69. The van der Waals surface area contributed by atoms with E-state index in [1.54, 1.807) is 30.3 Å². The topological polar surface area (TPSA) is 60.7 Å². The summed E-state index contributed by atoms with van der Waals surface area (Å²) in [6, 6.07) is 11.8. The standard InChI is InChI=1S/C15H9Cl3N4O/c16-10-3-1-2-9(6-10)15-19-21-22(20-15)8-14(23)12-5-4-11(17)7-13(12)18/h1-7H,8H2. The molecule has 0 fully saturated rings. The minimum absolute atomic E-state index is 0.0745. The highest BCUT2D eigenvalue weighted by molar-refractivity contribution is 6.36. The Kier molecular flexibility index (Phi) is 4.61. The van der Waals surface area contributed by atoms with Crippen molar-refractivity contribution in [3.63, 3.8) is 0 Å². The molecule has 0 bridgehead atoms. The van der Waals surface area contributed by atoms with Crippen LogP contribution in [0.1, 0.15) is 10.4 Å². The Morgan fingerprint density at radius 2 is 1.83 bits per heavy atom. The molecule has 0 N–H and O–H groups in total. The largest absolute Gasteiger partial charge is 0.292 e. The summed E-state index contributed by atoms with van der Waals surface area (Å²) >= 11 is 17.8. The molecule has 1 heterocycles. The number of rotatable bonds is 4. The van der Waals surface area contributed by atoms with Crippen LogP contribution in [0, 0.1) is 0 Å². The maximum atomic E-state index is 12.3. The van der Waals surface area contributed by atoms with E-state index in [2.05, 4.69) is 15.4 Å². The van der Waals surface area contributed by atoms with Crippen molar-refractivity contribution in [3.05, 3.63) is 63.1 Å². The highest BCUT2D eigenvalue weighted by atomic mass is 35.5. The number of carbonyl (C=O) groups is 1. The molecule has 0 amide bonds. The van der Waals surface area contributed by atoms with Gasteiger partial charge in [0.05, 0.1) is 5.02 Å². The Labute approximate surface area is 146 Å². The highest BCUT2D eigenvalue weighted by Gasteiger charge is 2.14. The molecule has 0 saturated carbocycles. The van der Waals surface area contributed by atoms with Crippen LogP contribution >= 0.6 is 34.8 Å². The lowest BCUT2D eigenvalue weighted by atomic mass is 10.1. The van der Waals surface area contributed by atoms with Gasteiger partial charge in [0.2, 0.25) is 5.82 Å². The first kappa shape index (κ1) is 15.9. The van der Waals surface area contributed by atoms with Crippen molar-refractivity contribution in [2.45, 2.75) is 6.54 Å². The van der Waals surface area contributed by atoms with E-state index in [4.69, 9.17) is 34.8 Å². The lowest BCUT2D eigenvalue weighted by Gasteiger charge is -2.03. The van der Waals surface area contributed by atoms with Gasteiger partial charge in [-0.1, -0.05) is 46.9 Å². The van der Waals surface area contributed by atoms with Crippen molar-refractivity contribution in [3.8, 4) is 11.4 Å². The van der Waals surface area contributed by atoms with Gasteiger partial charge in [0.25, 0.3) is 0 Å². The third-order valence-corrected chi connectivity index (χ3v) is 3.84. The molecule has 3 aromatic rings. The summed E-state index contributed by atoms with van der Waals surface area (Å²) in [7, 11) is 0. The molecular weight excluding hydrogens is 359 g/mol. The van der Waals surface area contributed by atoms with E-state index < -0.39 is 0 Å². The molecule has 0 aliphatic rings. The Hall–Kier alpha value is -1.95. The molecule has 1 aromatic heterocycles.